The fourth-order valence-corrected chi connectivity index (χ4v) is 3.59. The van der Waals surface area contributed by atoms with E-state index in [2.05, 4.69) is 11.1 Å². The van der Waals surface area contributed by atoms with E-state index < -0.39 is 0 Å². The number of halogens is 1. The van der Waals surface area contributed by atoms with Crippen LogP contribution in [0.5, 0.6) is 5.75 Å². The first-order valence-corrected chi connectivity index (χ1v) is 9.60. The van der Waals surface area contributed by atoms with Crippen LogP contribution in [-0.2, 0) is 4.79 Å². The average molecular weight is 401 g/mol. The molecule has 8 heteroatoms. The van der Waals surface area contributed by atoms with Crippen LogP contribution in [0.3, 0.4) is 0 Å². The van der Waals surface area contributed by atoms with Crippen LogP contribution in [0.25, 0.3) is 11.0 Å². The normalized spacial score (nSPS) is 11.0. The van der Waals surface area contributed by atoms with Gasteiger partial charge in [0, 0.05) is 29.9 Å². The van der Waals surface area contributed by atoms with Crippen LogP contribution in [0, 0.1) is 11.3 Å². The summed E-state index contributed by atoms with van der Waals surface area (Å²) in [7, 11) is 0. The second kappa shape index (κ2) is 8.71. The molecular formula is C19H17ClN4O2S. The molecule has 3 aromatic rings. The summed E-state index contributed by atoms with van der Waals surface area (Å²) < 4.78 is 7.26. The molecule has 27 heavy (non-hydrogen) atoms. The molecule has 0 spiro atoms. The van der Waals surface area contributed by atoms with Gasteiger partial charge in [-0.1, -0.05) is 11.6 Å². The van der Waals surface area contributed by atoms with Crippen LogP contribution in [-0.4, -0.2) is 28.4 Å². The lowest BCUT2D eigenvalue weighted by Gasteiger charge is -2.20. The van der Waals surface area contributed by atoms with Gasteiger partial charge in [0.2, 0.25) is 0 Å². The number of fused-ring (bicyclic) bond motifs is 1. The highest BCUT2D eigenvalue weighted by molar-refractivity contribution is 7.15. The quantitative estimate of drug-likeness (QED) is 0.551. The Morgan fingerprint density at radius 1 is 1.44 bits per heavy atom. The minimum atomic E-state index is -0.240. The fraction of sp³-hybridized carbons (Fsp3) is 0.211. The lowest BCUT2D eigenvalue weighted by atomic mass is 10.2. The van der Waals surface area contributed by atoms with E-state index in [1.54, 1.807) is 35.2 Å². The summed E-state index contributed by atoms with van der Waals surface area (Å²) in [5.74, 6) is 0.492. The Balaban J connectivity index is 1.83. The number of rotatable bonds is 7. The van der Waals surface area contributed by atoms with Crippen molar-refractivity contribution in [2.24, 2.45) is 0 Å². The summed E-state index contributed by atoms with van der Waals surface area (Å²) >= 11 is 7.63. The smallest absolute Gasteiger partial charge is 0.251 e. The number of aromatic nitrogens is 2. The Labute approximate surface area is 165 Å². The van der Waals surface area contributed by atoms with Crippen LogP contribution in [0.2, 0.25) is 5.15 Å². The van der Waals surface area contributed by atoms with Crippen LogP contribution in [0.15, 0.2) is 41.9 Å². The number of hydrogen-bond donors (Lipinski definition) is 0. The number of thiazole rings is 1. The monoisotopic (exact) mass is 400 g/mol. The number of carbonyl (C=O) groups excluding carboxylic acids is 1. The third kappa shape index (κ3) is 4.30. The molecule has 0 fully saturated rings. The molecule has 0 aliphatic rings. The molecule has 0 N–H and O–H groups in total. The van der Waals surface area contributed by atoms with E-state index in [0.717, 1.165) is 10.7 Å². The first-order chi connectivity index (χ1) is 13.1. The molecule has 0 saturated carbocycles. The SMILES string of the molecule is CCOc1ccc(N(CCC#N)C(=O)/C=C/c2c(Cl)nc3sccn23)cc1. The predicted octanol–water partition coefficient (Wildman–Crippen LogP) is 4.41. The summed E-state index contributed by atoms with van der Waals surface area (Å²) in [6.07, 6.45) is 5.17. The van der Waals surface area contributed by atoms with E-state index in [1.807, 2.05) is 22.9 Å². The Hall–Kier alpha value is -2.82. The van der Waals surface area contributed by atoms with Crippen molar-refractivity contribution in [1.29, 1.82) is 5.26 Å². The van der Waals surface area contributed by atoms with Crippen molar-refractivity contribution in [2.75, 3.05) is 18.1 Å². The Kier molecular flexibility index (Phi) is 6.12. The standard InChI is InChI=1S/C19H17ClN4O2S/c1-2-26-15-6-4-14(5-7-15)23(11-3-10-21)17(25)9-8-16-18(20)22-19-24(16)12-13-27-19/h4-9,12-13H,2-3,11H2,1H3/b9-8+. The molecule has 6 nitrogen and oxygen atoms in total. The Morgan fingerprint density at radius 2 is 2.22 bits per heavy atom. The van der Waals surface area contributed by atoms with Crippen LogP contribution in [0.4, 0.5) is 5.69 Å². The van der Waals surface area contributed by atoms with Gasteiger partial charge in [-0.05, 0) is 37.3 Å². The zero-order valence-electron chi connectivity index (χ0n) is 14.6. The number of amides is 1. The molecule has 0 unspecified atom stereocenters. The molecule has 0 bridgehead atoms. The maximum absolute atomic E-state index is 12.8. The number of imidazole rings is 1. The first kappa shape index (κ1) is 19.0. The van der Waals surface area contributed by atoms with E-state index in [4.69, 9.17) is 21.6 Å². The molecule has 0 atom stereocenters. The molecule has 1 aromatic carbocycles. The van der Waals surface area contributed by atoms with Gasteiger partial charge in [-0.2, -0.15) is 5.26 Å². The minimum Gasteiger partial charge on any atom is -0.494 e. The Morgan fingerprint density at radius 3 is 2.93 bits per heavy atom. The van der Waals surface area contributed by atoms with Crippen LogP contribution >= 0.6 is 22.9 Å². The van der Waals surface area contributed by atoms with Gasteiger partial charge in [0.1, 0.15) is 5.75 Å². The predicted molar refractivity (Wildman–Crippen MR) is 107 cm³/mol. The third-order valence-corrected chi connectivity index (χ3v) is 4.85. The molecular weight excluding hydrogens is 384 g/mol. The van der Waals surface area contributed by atoms with E-state index in [-0.39, 0.29) is 12.3 Å². The third-order valence-electron chi connectivity index (χ3n) is 3.81. The van der Waals surface area contributed by atoms with Crippen molar-refractivity contribution in [2.45, 2.75) is 13.3 Å². The summed E-state index contributed by atoms with van der Waals surface area (Å²) in [5, 5.41) is 11.2. The second-order valence-corrected chi connectivity index (χ2v) is 6.73. The van der Waals surface area contributed by atoms with Gasteiger partial charge in [-0.25, -0.2) is 4.98 Å². The topological polar surface area (TPSA) is 70.6 Å². The zero-order valence-corrected chi connectivity index (χ0v) is 16.2. The highest BCUT2D eigenvalue weighted by Gasteiger charge is 2.14. The molecule has 0 radical (unpaired) electrons. The van der Waals surface area contributed by atoms with Crippen molar-refractivity contribution in [1.82, 2.24) is 9.38 Å². The van der Waals surface area contributed by atoms with Gasteiger partial charge in [-0.3, -0.25) is 9.20 Å². The number of carbonyl (C=O) groups is 1. The van der Waals surface area contributed by atoms with E-state index >= 15 is 0 Å². The van der Waals surface area contributed by atoms with E-state index in [1.165, 1.54) is 17.4 Å². The van der Waals surface area contributed by atoms with Gasteiger partial charge in [-0.15, -0.1) is 11.3 Å². The number of hydrogen-bond acceptors (Lipinski definition) is 5. The highest BCUT2D eigenvalue weighted by Crippen LogP contribution is 2.23. The van der Waals surface area contributed by atoms with Crippen molar-refractivity contribution in [3.8, 4) is 11.8 Å². The summed E-state index contributed by atoms with van der Waals surface area (Å²) in [4.78, 5) is 19.3. The molecule has 2 aromatic heterocycles. The molecule has 1 amide bonds. The summed E-state index contributed by atoms with van der Waals surface area (Å²) in [6, 6.07) is 9.29. The Bertz CT molecular complexity index is 1000. The van der Waals surface area contributed by atoms with E-state index in [9.17, 15) is 4.79 Å². The maximum atomic E-state index is 12.8. The number of nitrogens with zero attached hydrogens (tertiary/aromatic N) is 4. The number of ether oxygens (including phenoxy) is 1. The van der Waals surface area contributed by atoms with Gasteiger partial charge in [0.05, 0.1) is 24.8 Å². The summed E-state index contributed by atoms with van der Waals surface area (Å²) in [6.45, 7) is 2.78. The number of anilines is 1. The first-order valence-electron chi connectivity index (χ1n) is 8.34. The maximum Gasteiger partial charge on any atom is 0.251 e. The van der Waals surface area contributed by atoms with Gasteiger partial charge >= 0.3 is 0 Å². The second-order valence-electron chi connectivity index (χ2n) is 5.50. The van der Waals surface area contributed by atoms with Gasteiger partial charge in [0.15, 0.2) is 10.1 Å². The zero-order chi connectivity index (χ0) is 19.2. The molecule has 3 rings (SSSR count). The van der Waals surface area contributed by atoms with Crippen LogP contribution < -0.4 is 9.64 Å². The van der Waals surface area contributed by atoms with Gasteiger partial charge < -0.3 is 9.64 Å². The van der Waals surface area contributed by atoms with Crippen molar-refractivity contribution in [3.05, 3.63) is 52.8 Å². The average Bonchev–Trinajstić information content (AvgIpc) is 3.22. The molecule has 0 aliphatic heterocycles. The van der Waals surface area contributed by atoms with Crippen molar-refractivity contribution >= 4 is 45.6 Å². The minimum absolute atomic E-state index is 0.231. The van der Waals surface area contributed by atoms with Crippen LogP contribution in [0.1, 0.15) is 19.0 Å². The molecule has 0 aliphatic carbocycles. The number of nitriles is 1. The summed E-state index contributed by atoms with van der Waals surface area (Å²) in [5.41, 5.74) is 1.34. The molecule has 138 valence electrons. The lowest BCUT2D eigenvalue weighted by molar-refractivity contribution is -0.114. The number of benzene rings is 1. The van der Waals surface area contributed by atoms with Crippen molar-refractivity contribution in [3.63, 3.8) is 0 Å². The molecule has 2 heterocycles. The fourth-order valence-electron chi connectivity index (χ4n) is 2.58. The van der Waals surface area contributed by atoms with Crippen molar-refractivity contribution < 1.29 is 9.53 Å². The highest BCUT2D eigenvalue weighted by atomic mass is 35.5. The van der Waals surface area contributed by atoms with E-state index in [0.29, 0.717) is 29.7 Å². The largest absolute Gasteiger partial charge is 0.494 e. The lowest BCUT2D eigenvalue weighted by Crippen LogP contribution is -2.30. The van der Waals surface area contributed by atoms with Gasteiger partial charge in [0.25, 0.3) is 5.91 Å². The molecule has 0 saturated heterocycles.